The first-order valence-corrected chi connectivity index (χ1v) is 11.0. The summed E-state index contributed by atoms with van der Waals surface area (Å²) < 4.78 is 0. The number of aliphatic hydroxyl groups excluding tert-OH is 1. The zero-order chi connectivity index (χ0) is 23.5. The average Bonchev–Trinajstić information content (AvgIpc) is 3.07. The van der Waals surface area contributed by atoms with Crippen molar-refractivity contribution in [3.63, 3.8) is 0 Å². The fourth-order valence-corrected chi connectivity index (χ4v) is 4.10. The number of nitrogens with zero attached hydrogens (tertiary/aromatic N) is 1. The molecule has 1 heterocycles. The fraction of sp³-hybridized carbons (Fsp3) is 0.240. The van der Waals surface area contributed by atoms with E-state index in [1.165, 1.54) is 0 Å². The van der Waals surface area contributed by atoms with E-state index in [1.807, 2.05) is 31.2 Å². The van der Waals surface area contributed by atoms with Crippen LogP contribution in [0.15, 0.2) is 65.7 Å². The molecule has 1 saturated heterocycles. The number of allylic oxidation sites excluding steroid dienone is 4. The van der Waals surface area contributed by atoms with Crippen LogP contribution in [-0.4, -0.2) is 40.4 Å². The molecule has 170 valence electrons. The Morgan fingerprint density at radius 2 is 1.97 bits per heavy atom. The van der Waals surface area contributed by atoms with E-state index in [4.69, 9.17) is 11.6 Å². The molecule has 1 fully saturated rings. The minimum atomic E-state index is -1.26. The van der Waals surface area contributed by atoms with E-state index in [-0.39, 0.29) is 0 Å². The zero-order valence-corrected chi connectivity index (χ0v) is 18.8. The topological polar surface area (TPSA) is 98.7 Å². The van der Waals surface area contributed by atoms with E-state index in [2.05, 4.69) is 10.6 Å². The van der Waals surface area contributed by atoms with Crippen LogP contribution in [0.2, 0.25) is 0 Å². The minimum Gasteiger partial charge on any atom is -0.386 e. The number of carbonyl (C=O) groups is 3. The van der Waals surface area contributed by atoms with Crippen molar-refractivity contribution in [1.82, 2.24) is 10.2 Å². The van der Waals surface area contributed by atoms with Gasteiger partial charge >= 0.3 is 6.03 Å². The van der Waals surface area contributed by atoms with Crippen LogP contribution in [0.1, 0.15) is 35.6 Å². The number of benzene rings is 2. The van der Waals surface area contributed by atoms with Crippen molar-refractivity contribution in [2.45, 2.75) is 31.9 Å². The minimum absolute atomic E-state index is 0.443. The van der Waals surface area contributed by atoms with Gasteiger partial charge in [-0.05, 0) is 66.3 Å². The number of aryl methyl sites for hydroxylation is 1. The molecule has 3 N–H and O–H groups in total. The van der Waals surface area contributed by atoms with Gasteiger partial charge < -0.3 is 15.7 Å². The first kappa shape index (κ1) is 22.8. The Hall–Kier alpha value is -3.42. The van der Waals surface area contributed by atoms with Crippen LogP contribution >= 0.6 is 11.6 Å². The second-order valence-corrected chi connectivity index (χ2v) is 8.63. The van der Waals surface area contributed by atoms with Crippen LogP contribution < -0.4 is 10.6 Å². The molecule has 4 amide bonds. The predicted octanol–water partition coefficient (Wildman–Crippen LogP) is 3.89. The Morgan fingerprint density at radius 3 is 2.70 bits per heavy atom. The molecule has 33 heavy (non-hydrogen) atoms. The lowest BCUT2D eigenvalue weighted by atomic mass is 9.93. The van der Waals surface area contributed by atoms with Gasteiger partial charge in [0.05, 0.1) is 0 Å². The fourth-order valence-electron chi connectivity index (χ4n) is 3.94. The van der Waals surface area contributed by atoms with Gasteiger partial charge in [0.25, 0.3) is 5.91 Å². The first-order valence-electron chi connectivity index (χ1n) is 10.6. The molecule has 2 atom stereocenters. The molecule has 7 nitrogen and oxygen atoms in total. The number of hydrogen-bond donors (Lipinski definition) is 3. The van der Waals surface area contributed by atoms with Crippen LogP contribution in [0.4, 0.5) is 10.5 Å². The van der Waals surface area contributed by atoms with E-state index in [0.29, 0.717) is 11.3 Å². The molecule has 2 unspecified atom stereocenters. The maximum Gasteiger partial charge on any atom is 0.325 e. The third-order valence-electron chi connectivity index (χ3n) is 5.67. The molecule has 2 aliphatic rings. The van der Waals surface area contributed by atoms with Gasteiger partial charge in [0.2, 0.25) is 5.91 Å². The summed E-state index contributed by atoms with van der Waals surface area (Å²) in [5.41, 5.74) is 4.03. The van der Waals surface area contributed by atoms with Crippen molar-refractivity contribution < 1.29 is 19.5 Å². The second-order valence-electron chi connectivity index (χ2n) is 8.14. The number of aliphatic hydroxyl groups is 1. The monoisotopic (exact) mass is 465 g/mol. The van der Waals surface area contributed by atoms with Gasteiger partial charge in [0.1, 0.15) is 18.7 Å². The standard InChI is InChI=1S/C25H24ClN3O4/c1-15-4-2-7-20(12-15)27-21(30)14-29-24(32)22(28-25(29)33)23(31)18-6-3-5-17(13-18)16-8-10-19(26)11-9-16/h2-8,10,12-13,22-23,31H,9,11,14H2,1H3,(H,27,30)(H,28,33). The number of amides is 4. The molecule has 2 aromatic rings. The summed E-state index contributed by atoms with van der Waals surface area (Å²) in [6, 6.07) is 12.5. The van der Waals surface area contributed by atoms with Crippen molar-refractivity contribution >= 4 is 40.7 Å². The maximum atomic E-state index is 12.9. The number of hydrogen-bond acceptors (Lipinski definition) is 4. The summed E-state index contributed by atoms with van der Waals surface area (Å²) in [5.74, 6) is -1.15. The van der Waals surface area contributed by atoms with Crippen LogP contribution in [0, 0.1) is 6.92 Å². The summed E-state index contributed by atoms with van der Waals surface area (Å²) in [5, 5.41) is 16.8. The van der Waals surface area contributed by atoms with E-state index >= 15 is 0 Å². The SMILES string of the molecule is Cc1cccc(NC(=O)CN2C(=O)NC(C(O)c3cccc(C4=CC=C(Cl)CC4)c3)C2=O)c1. The number of urea groups is 1. The highest BCUT2D eigenvalue weighted by molar-refractivity contribution is 6.29. The number of nitrogens with one attached hydrogen (secondary N) is 2. The Bertz CT molecular complexity index is 1170. The van der Waals surface area contributed by atoms with Crippen molar-refractivity contribution in [2.75, 3.05) is 11.9 Å². The van der Waals surface area contributed by atoms with Crippen molar-refractivity contribution in [2.24, 2.45) is 0 Å². The average molecular weight is 466 g/mol. The maximum absolute atomic E-state index is 12.9. The van der Waals surface area contributed by atoms with Gasteiger partial charge in [-0.3, -0.25) is 14.5 Å². The lowest BCUT2D eigenvalue weighted by Gasteiger charge is -2.19. The molecule has 2 aromatic carbocycles. The second kappa shape index (κ2) is 9.60. The van der Waals surface area contributed by atoms with Crippen molar-refractivity contribution in [3.05, 3.63) is 82.4 Å². The number of halogens is 1. The summed E-state index contributed by atoms with van der Waals surface area (Å²) in [6.07, 6.45) is 4.06. The largest absolute Gasteiger partial charge is 0.386 e. The summed E-state index contributed by atoms with van der Waals surface area (Å²) in [4.78, 5) is 38.5. The molecule has 4 rings (SSSR count). The van der Waals surface area contributed by atoms with Gasteiger partial charge in [-0.25, -0.2) is 4.79 Å². The summed E-state index contributed by atoms with van der Waals surface area (Å²) in [7, 11) is 0. The van der Waals surface area contributed by atoms with Crippen molar-refractivity contribution in [1.29, 1.82) is 0 Å². The van der Waals surface area contributed by atoms with E-state index in [9.17, 15) is 19.5 Å². The molecule has 0 saturated carbocycles. The highest BCUT2D eigenvalue weighted by atomic mass is 35.5. The summed E-state index contributed by atoms with van der Waals surface area (Å²) >= 11 is 6.03. The molecular weight excluding hydrogens is 442 g/mol. The Kier molecular flexibility index (Phi) is 6.62. The van der Waals surface area contributed by atoms with E-state index < -0.39 is 36.5 Å². The lowest BCUT2D eigenvalue weighted by molar-refractivity contribution is -0.132. The van der Waals surface area contributed by atoms with Crippen LogP contribution in [0.5, 0.6) is 0 Å². The molecule has 0 aromatic heterocycles. The zero-order valence-electron chi connectivity index (χ0n) is 18.0. The summed E-state index contributed by atoms with van der Waals surface area (Å²) in [6.45, 7) is 1.45. The molecule has 1 aliphatic heterocycles. The van der Waals surface area contributed by atoms with Gasteiger partial charge in [-0.2, -0.15) is 0 Å². The molecule has 0 radical (unpaired) electrons. The number of imide groups is 1. The Morgan fingerprint density at radius 1 is 1.18 bits per heavy atom. The highest BCUT2D eigenvalue weighted by Crippen LogP contribution is 2.31. The van der Waals surface area contributed by atoms with Gasteiger partial charge in [-0.15, -0.1) is 0 Å². The third kappa shape index (κ3) is 5.16. The quantitative estimate of drug-likeness (QED) is 0.563. The van der Waals surface area contributed by atoms with Crippen LogP contribution in [-0.2, 0) is 9.59 Å². The van der Waals surface area contributed by atoms with Crippen LogP contribution in [0.3, 0.4) is 0 Å². The van der Waals surface area contributed by atoms with E-state index in [1.54, 1.807) is 36.4 Å². The van der Waals surface area contributed by atoms with Gasteiger partial charge in [-0.1, -0.05) is 48.0 Å². The molecular formula is C25H24ClN3O4. The molecule has 0 bridgehead atoms. The predicted molar refractivity (Wildman–Crippen MR) is 126 cm³/mol. The van der Waals surface area contributed by atoms with Crippen LogP contribution in [0.25, 0.3) is 5.57 Å². The van der Waals surface area contributed by atoms with E-state index in [0.717, 1.165) is 39.5 Å². The molecule has 1 aliphatic carbocycles. The number of carbonyl (C=O) groups excluding carboxylic acids is 3. The first-order chi connectivity index (χ1) is 15.8. The van der Waals surface area contributed by atoms with Gasteiger partial charge in [0, 0.05) is 10.7 Å². The molecule has 0 spiro atoms. The highest BCUT2D eigenvalue weighted by Gasteiger charge is 2.43. The smallest absolute Gasteiger partial charge is 0.325 e. The van der Waals surface area contributed by atoms with Crippen molar-refractivity contribution in [3.8, 4) is 0 Å². The number of anilines is 1. The molecule has 8 heteroatoms. The lowest BCUT2D eigenvalue weighted by Crippen LogP contribution is -2.39. The number of rotatable bonds is 6. The Balaban J connectivity index is 1.45. The third-order valence-corrected chi connectivity index (χ3v) is 5.99. The van der Waals surface area contributed by atoms with Gasteiger partial charge in [0.15, 0.2) is 0 Å². The Labute approximate surface area is 196 Å². The normalized spacial score (nSPS) is 19.0.